The molecule has 5 heteroatoms. The van der Waals surface area contributed by atoms with Gasteiger partial charge in [-0.3, -0.25) is 10.1 Å². The molecule has 1 aromatic rings. The van der Waals surface area contributed by atoms with E-state index in [1.165, 1.54) is 0 Å². The third kappa shape index (κ3) is 1.99. The number of hydrogen-bond donors (Lipinski definition) is 2. The second kappa shape index (κ2) is 4.09. The lowest BCUT2D eigenvalue weighted by molar-refractivity contribution is -0.118. The van der Waals surface area contributed by atoms with Crippen LogP contribution in [0.2, 0.25) is 0 Å². The van der Waals surface area contributed by atoms with Gasteiger partial charge in [-0.25, -0.2) is 0 Å². The smallest absolute Gasteiger partial charge is 0.234 e. The molecule has 5 nitrogen and oxygen atoms in total. The summed E-state index contributed by atoms with van der Waals surface area (Å²) < 4.78 is 5.01. The molecule has 2 rings (SSSR count). The standard InChI is InChI=1S/C11H15N3O2/c1-6-7(2)14-16-11(6)13-10(15)8-3-4-9(12)5-8/h3-4,8-9H,5,12H2,1-2H3,(H,13,15). The number of hydrogen-bond acceptors (Lipinski definition) is 4. The summed E-state index contributed by atoms with van der Waals surface area (Å²) in [4.78, 5) is 11.8. The summed E-state index contributed by atoms with van der Waals surface area (Å²) in [7, 11) is 0. The van der Waals surface area contributed by atoms with Crippen LogP contribution in [0, 0.1) is 19.8 Å². The average Bonchev–Trinajstić information content (AvgIpc) is 2.79. The first kappa shape index (κ1) is 10.9. The van der Waals surface area contributed by atoms with Crippen LogP contribution in [-0.2, 0) is 4.79 Å². The van der Waals surface area contributed by atoms with E-state index in [0.717, 1.165) is 11.3 Å². The molecule has 0 bridgehead atoms. The van der Waals surface area contributed by atoms with Gasteiger partial charge in [0.1, 0.15) is 0 Å². The first-order valence-corrected chi connectivity index (χ1v) is 5.25. The fraction of sp³-hybridized carbons (Fsp3) is 0.455. The van der Waals surface area contributed by atoms with E-state index in [1.807, 2.05) is 26.0 Å². The van der Waals surface area contributed by atoms with E-state index >= 15 is 0 Å². The molecule has 0 saturated carbocycles. The molecule has 1 aliphatic rings. The number of aromatic nitrogens is 1. The number of amides is 1. The fourth-order valence-corrected chi connectivity index (χ4v) is 1.66. The third-order valence-corrected chi connectivity index (χ3v) is 2.85. The summed E-state index contributed by atoms with van der Waals surface area (Å²) in [6.07, 6.45) is 4.33. The van der Waals surface area contributed by atoms with Gasteiger partial charge in [-0.1, -0.05) is 17.3 Å². The Morgan fingerprint density at radius 2 is 2.31 bits per heavy atom. The summed E-state index contributed by atoms with van der Waals surface area (Å²) in [6.45, 7) is 3.69. The van der Waals surface area contributed by atoms with E-state index in [1.54, 1.807) is 0 Å². The van der Waals surface area contributed by atoms with Crippen LogP contribution in [-0.4, -0.2) is 17.1 Å². The molecule has 86 valence electrons. The average molecular weight is 221 g/mol. The van der Waals surface area contributed by atoms with Gasteiger partial charge in [0.25, 0.3) is 0 Å². The minimum atomic E-state index is -0.167. The van der Waals surface area contributed by atoms with Gasteiger partial charge in [-0.05, 0) is 20.3 Å². The molecule has 1 heterocycles. The molecule has 1 aliphatic carbocycles. The Morgan fingerprint density at radius 1 is 1.56 bits per heavy atom. The van der Waals surface area contributed by atoms with Gasteiger partial charge in [0.15, 0.2) is 0 Å². The number of nitrogens with zero attached hydrogens (tertiary/aromatic N) is 1. The number of rotatable bonds is 2. The first-order valence-electron chi connectivity index (χ1n) is 5.25. The third-order valence-electron chi connectivity index (χ3n) is 2.85. The summed E-state index contributed by atoms with van der Waals surface area (Å²) in [5, 5.41) is 6.50. The van der Waals surface area contributed by atoms with E-state index in [4.69, 9.17) is 10.3 Å². The summed E-state index contributed by atoms with van der Waals surface area (Å²) >= 11 is 0. The molecule has 2 atom stereocenters. The van der Waals surface area contributed by atoms with Crippen molar-refractivity contribution in [1.29, 1.82) is 0 Å². The Bertz CT molecular complexity index is 436. The lowest BCUT2D eigenvalue weighted by atomic mass is 10.1. The minimum absolute atomic E-state index is 0.0201. The van der Waals surface area contributed by atoms with Crippen molar-refractivity contribution in [1.82, 2.24) is 5.16 Å². The lowest BCUT2D eigenvalue weighted by Gasteiger charge is -2.08. The highest BCUT2D eigenvalue weighted by Crippen LogP contribution is 2.21. The number of nitrogens with two attached hydrogens (primary N) is 1. The Labute approximate surface area is 93.7 Å². The van der Waals surface area contributed by atoms with Crippen molar-refractivity contribution in [3.63, 3.8) is 0 Å². The van der Waals surface area contributed by atoms with Gasteiger partial charge in [-0.2, -0.15) is 0 Å². The predicted octanol–water partition coefficient (Wildman–Crippen LogP) is 1.13. The quantitative estimate of drug-likeness (QED) is 0.733. The van der Waals surface area contributed by atoms with Crippen LogP contribution < -0.4 is 11.1 Å². The molecule has 0 saturated heterocycles. The molecule has 0 fully saturated rings. The summed E-state index contributed by atoms with van der Waals surface area (Å²) in [5.74, 6) is 0.166. The maximum absolute atomic E-state index is 11.8. The van der Waals surface area contributed by atoms with Crippen LogP contribution in [0.1, 0.15) is 17.7 Å². The van der Waals surface area contributed by atoms with Crippen LogP contribution in [0.25, 0.3) is 0 Å². The Balaban J connectivity index is 2.03. The van der Waals surface area contributed by atoms with Crippen molar-refractivity contribution in [2.75, 3.05) is 5.32 Å². The second-order valence-electron chi connectivity index (χ2n) is 4.10. The van der Waals surface area contributed by atoms with Crippen molar-refractivity contribution in [2.24, 2.45) is 11.7 Å². The predicted molar refractivity (Wildman–Crippen MR) is 59.8 cm³/mol. The minimum Gasteiger partial charge on any atom is -0.338 e. The molecule has 3 N–H and O–H groups in total. The highest BCUT2D eigenvalue weighted by atomic mass is 16.5. The fourth-order valence-electron chi connectivity index (χ4n) is 1.66. The molecular weight excluding hydrogens is 206 g/mol. The molecule has 1 aromatic heterocycles. The molecule has 0 aliphatic heterocycles. The molecule has 1 amide bonds. The van der Waals surface area contributed by atoms with Gasteiger partial charge in [0.05, 0.1) is 11.6 Å². The Kier molecular flexibility index (Phi) is 2.78. The van der Waals surface area contributed by atoms with E-state index < -0.39 is 0 Å². The van der Waals surface area contributed by atoms with Crippen molar-refractivity contribution >= 4 is 11.8 Å². The van der Waals surface area contributed by atoms with Crippen molar-refractivity contribution in [2.45, 2.75) is 26.3 Å². The van der Waals surface area contributed by atoms with Crippen molar-refractivity contribution in [3.05, 3.63) is 23.4 Å². The molecule has 2 unspecified atom stereocenters. The highest BCUT2D eigenvalue weighted by molar-refractivity contribution is 5.93. The van der Waals surface area contributed by atoms with Crippen molar-refractivity contribution in [3.8, 4) is 0 Å². The van der Waals surface area contributed by atoms with Gasteiger partial charge in [-0.15, -0.1) is 0 Å². The number of nitrogens with one attached hydrogen (secondary N) is 1. The molecule has 0 spiro atoms. The molecule has 16 heavy (non-hydrogen) atoms. The Morgan fingerprint density at radius 3 is 2.81 bits per heavy atom. The summed E-state index contributed by atoms with van der Waals surface area (Å²) in [6, 6.07) is -0.0201. The zero-order valence-electron chi connectivity index (χ0n) is 9.36. The monoisotopic (exact) mass is 221 g/mol. The van der Waals surface area contributed by atoms with Crippen LogP contribution in [0.5, 0.6) is 0 Å². The van der Waals surface area contributed by atoms with Gasteiger partial charge >= 0.3 is 0 Å². The van der Waals surface area contributed by atoms with Crippen LogP contribution >= 0.6 is 0 Å². The zero-order chi connectivity index (χ0) is 11.7. The van der Waals surface area contributed by atoms with Gasteiger partial charge < -0.3 is 10.3 Å². The SMILES string of the molecule is Cc1noc(NC(=O)C2C=CC(N)C2)c1C. The van der Waals surface area contributed by atoms with Crippen LogP contribution in [0.3, 0.4) is 0 Å². The van der Waals surface area contributed by atoms with Crippen molar-refractivity contribution < 1.29 is 9.32 Å². The highest BCUT2D eigenvalue weighted by Gasteiger charge is 2.24. The molecule has 0 aromatic carbocycles. The van der Waals surface area contributed by atoms with E-state index in [0.29, 0.717) is 12.3 Å². The maximum atomic E-state index is 11.8. The normalized spacial score (nSPS) is 23.7. The molecule has 0 radical (unpaired) electrons. The van der Waals surface area contributed by atoms with Crippen LogP contribution in [0.15, 0.2) is 16.7 Å². The Hall–Kier alpha value is -1.62. The largest absolute Gasteiger partial charge is 0.338 e. The van der Waals surface area contributed by atoms with E-state index in [-0.39, 0.29) is 17.9 Å². The summed E-state index contributed by atoms with van der Waals surface area (Å²) in [5.41, 5.74) is 7.33. The zero-order valence-corrected chi connectivity index (χ0v) is 9.36. The van der Waals surface area contributed by atoms with Crippen LogP contribution in [0.4, 0.5) is 5.88 Å². The maximum Gasteiger partial charge on any atom is 0.234 e. The number of carbonyl (C=O) groups is 1. The number of aryl methyl sites for hydroxylation is 1. The number of anilines is 1. The first-order chi connectivity index (χ1) is 7.58. The van der Waals surface area contributed by atoms with Gasteiger partial charge in [0, 0.05) is 11.6 Å². The van der Waals surface area contributed by atoms with E-state index in [9.17, 15) is 4.79 Å². The lowest BCUT2D eigenvalue weighted by Crippen LogP contribution is -2.24. The number of carbonyl (C=O) groups excluding carboxylic acids is 1. The molecular formula is C11H15N3O2. The topological polar surface area (TPSA) is 81.2 Å². The van der Waals surface area contributed by atoms with Gasteiger partial charge in [0.2, 0.25) is 11.8 Å². The van der Waals surface area contributed by atoms with E-state index in [2.05, 4.69) is 10.5 Å². The second-order valence-corrected chi connectivity index (χ2v) is 4.10.